The molecule has 0 saturated carbocycles. The van der Waals surface area contributed by atoms with Gasteiger partial charge in [0.1, 0.15) is 5.75 Å². The minimum Gasteiger partial charge on any atom is -0.493 e. The molecule has 20 heavy (non-hydrogen) atoms. The van der Waals surface area contributed by atoms with Gasteiger partial charge in [0, 0.05) is 13.7 Å². The van der Waals surface area contributed by atoms with Gasteiger partial charge in [-0.2, -0.15) is 0 Å². The molecule has 0 aromatic heterocycles. The van der Waals surface area contributed by atoms with Crippen molar-refractivity contribution >= 4 is 5.91 Å². The van der Waals surface area contributed by atoms with Crippen molar-refractivity contribution in [1.82, 2.24) is 5.32 Å². The summed E-state index contributed by atoms with van der Waals surface area (Å²) in [5.74, 6) is 0.646. The molecular formula is C15H23NO4. The number of aryl methyl sites for hydroxylation is 2. The summed E-state index contributed by atoms with van der Waals surface area (Å²) in [7, 11) is 1.50. The van der Waals surface area contributed by atoms with Gasteiger partial charge >= 0.3 is 0 Å². The van der Waals surface area contributed by atoms with Gasteiger partial charge < -0.3 is 19.9 Å². The summed E-state index contributed by atoms with van der Waals surface area (Å²) >= 11 is 0. The number of aliphatic hydroxyl groups excluding tert-OH is 1. The lowest BCUT2D eigenvalue weighted by Crippen LogP contribution is -2.34. The molecule has 1 aromatic carbocycles. The van der Waals surface area contributed by atoms with Gasteiger partial charge in [0.05, 0.1) is 25.7 Å². The van der Waals surface area contributed by atoms with E-state index in [1.165, 1.54) is 12.7 Å². The quantitative estimate of drug-likeness (QED) is 0.751. The molecule has 5 heteroatoms. The molecule has 5 nitrogen and oxygen atoms in total. The largest absolute Gasteiger partial charge is 0.493 e. The summed E-state index contributed by atoms with van der Waals surface area (Å²) in [4.78, 5) is 11.5. The number of aliphatic hydroxyl groups is 1. The second-order valence-corrected chi connectivity index (χ2v) is 4.78. The average molecular weight is 281 g/mol. The summed E-state index contributed by atoms with van der Waals surface area (Å²) in [5.41, 5.74) is 2.24. The van der Waals surface area contributed by atoms with Gasteiger partial charge in [-0.25, -0.2) is 0 Å². The molecule has 0 radical (unpaired) electrons. The van der Waals surface area contributed by atoms with Crippen molar-refractivity contribution in [2.75, 3.05) is 26.9 Å². The fourth-order valence-corrected chi connectivity index (χ4v) is 1.79. The molecule has 0 aliphatic heterocycles. The maximum atomic E-state index is 11.5. The number of hydrogen-bond donors (Lipinski definition) is 2. The van der Waals surface area contributed by atoms with E-state index in [9.17, 15) is 9.90 Å². The van der Waals surface area contributed by atoms with Gasteiger partial charge in [0.15, 0.2) is 0 Å². The van der Waals surface area contributed by atoms with Crippen LogP contribution in [0.2, 0.25) is 0 Å². The summed E-state index contributed by atoms with van der Waals surface area (Å²) in [6.07, 6.45) is -0.420. The molecule has 1 unspecified atom stereocenters. The Bertz CT molecular complexity index is 434. The summed E-state index contributed by atoms with van der Waals surface area (Å²) in [6, 6.07) is 5.92. The number of benzene rings is 1. The van der Waals surface area contributed by atoms with E-state index in [-0.39, 0.29) is 25.5 Å². The molecule has 0 aliphatic carbocycles. The average Bonchev–Trinajstić information content (AvgIpc) is 2.39. The van der Waals surface area contributed by atoms with E-state index in [4.69, 9.17) is 9.47 Å². The van der Waals surface area contributed by atoms with Crippen molar-refractivity contribution in [2.45, 2.75) is 26.4 Å². The topological polar surface area (TPSA) is 67.8 Å². The van der Waals surface area contributed by atoms with Crippen molar-refractivity contribution in [1.29, 1.82) is 0 Å². The van der Waals surface area contributed by atoms with E-state index >= 15 is 0 Å². The molecule has 0 aliphatic rings. The third-order valence-electron chi connectivity index (χ3n) is 2.81. The number of carbonyl (C=O) groups is 1. The molecule has 1 amide bonds. The summed E-state index contributed by atoms with van der Waals surface area (Å²) in [5, 5.41) is 12.0. The van der Waals surface area contributed by atoms with Gasteiger partial charge in [0.25, 0.3) is 0 Å². The Labute approximate surface area is 119 Å². The number of methoxy groups -OCH3 is 1. The van der Waals surface area contributed by atoms with Crippen LogP contribution in [0.15, 0.2) is 18.2 Å². The van der Waals surface area contributed by atoms with Crippen LogP contribution in [0.3, 0.4) is 0 Å². The lowest BCUT2D eigenvalue weighted by Gasteiger charge is -2.12. The van der Waals surface area contributed by atoms with Crippen LogP contribution in [0.25, 0.3) is 0 Å². The predicted molar refractivity (Wildman–Crippen MR) is 76.9 cm³/mol. The number of amides is 1. The van der Waals surface area contributed by atoms with E-state index in [1.807, 2.05) is 32.0 Å². The van der Waals surface area contributed by atoms with Crippen LogP contribution in [0.5, 0.6) is 5.75 Å². The lowest BCUT2D eigenvalue weighted by atomic mass is 10.1. The molecule has 1 atom stereocenters. The Morgan fingerprint density at radius 3 is 2.80 bits per heavy atom. The molecule has 1 rings (SSSR count). The van der Waals surface area contributed by atoms with Crippen molar-refractivity contribution in [3.63, 3.8) is 0 Å². The number of ether oxygens (including phenoxy) is 2. The van der Waals surface area contributed by atoms with Crippen LogP contribution in [0.4, 0.5) is 0 Å². The van der Waals surface area contributed by atoms with Crippen molar-refractivity contribution in [3.8, 4) is 5.75 Å². The van der Waals surface area contributed by atoms with Crippen molar-refractivity contribution < 1.29 is 19.4 Å². The third-order valence-corrected chi connectivity index (χ3v) is 2.81. The smallest absolute Gasteiger partial charge is 0.223 e. The minimum absolute atomic E-state index is 0.148. The zero-order valence-electron chi connectivity index (χ0n) is 12.3. The maximum absolute atomic E-state index is 11.5. The Morgan fingerprint density at radius 1 is 1.40 bits per heavy atom. The first kappa shape index (κ1) is 16.5. The normalized spacial score (nSPS) is 12.0. The van der Waals surface area contributed by atoms with Gasteiger partial charge in [0.2, 0.25) is 5.91 Å². The van der Waals surface area contributed by atoms with Crippen LogP contribution >= 0.6 is 0 Å². The predicted octanol–water partition coefficient (Wildman–Crippen LogP) is 1.20. The monoisotopic (exact) mass is 281 g/mol. The second-order valence-electron chi connectivity index (χ2n) is 4.78. The fraction of sp³-hybridized carbons (Fsp3) is 0.533. The second kappa shape index (κ2) is 8.55. The number of carbonyl (C=O) groups excluding carboxylic acids is 1. The van der Waals surface area contributed by atoms with Crippen LogP contribution in [0.1, 0.15) is 17.5 Å². The number of hydrogen-bond acceptors (Lipinski definition) is 4. The van der Waals surface area contributed by atoms with Crippen LogP contribution < -0.4 is 10.1 Å². The molecule has 0 fully saturated rings. The highest BCUT2D eigenvalue weighted by Crippen LogP contribution is 2.18. The van der Waals surface area contributed by atoms with Gasteiger partial charge in [-0.1, -0.05) is 17.7 Å². The van der Waals surface area contributed by atoms with Crippen LogP contribution in [-0.4, -0.2) is 44.0 Å². The Morgan fingerprint density at radius 2 is 2.15 bits per heavy atom. The van der Waals surface area contributed by atoms with E-state index in [2.05, 4.69) is 5.32 Å². The lowest BCUT2D eigenvalue weighted by molar-refractivity contribution is -0.122. The first-order chi connectivity index (χ1) is 9.52. The minimum atomic E-state index is -0.677. The van der Waals surface area contributed by atoms with Gasteiger partial charge in [-0.05, 0) is 25.5 Å². The van der Waals surface area contributed by atoms with E-state index in [0.717, 1.165) is 11.3 Å². The molecule has 112 valence electrons. The first-order valence-electron chi connectivity index (χ1n) is 6.66. The van der Waals surface area contributed by atoms with Crippen LogP contribution in [-0.2, 0) is 9.53 Å². The van der Waals surface area contributed by atoms with E-state index < -0.39 is 6.10 Å². The molecule has 0 spiro atoms. The van der Waals surface area contributed by atoms with Gasteiger partial charge in [-0.15, -0.1) is 0 Å². The zero-order valence-corrected chi connectivity index (χ0v) is 12.3. The Hall–Kier alpha value is -1.59. The van der Waals surface area contributed by atoms with E-state index in [1.54, 1.807) is 0 Å². The van der Waals surface area contributed by atoms with Crippen molar-refractivity contribution in [2.24, 2.45) is 0 Å². The molecule has 0 bridgehead atoms. The zero-order chi connectivity index (χ0) is 15.0. The van der Waals surface area contributed by atoms with Crippen molar-refractivity contribution in [3.05, 3.63) is 29.3 Å². The molecule has 0 saturated heterocycles. The molecule has 0 heterocycles. The number of rotatable bonds is 8. The first-order valence-corrected chi connectivity index (χ1v) is 6.66. The highest BCUT2D eigenvalue weighted by molar-refractivity contribution is 5.76. The van der Waals surface area contributed by atoms with Gasteiger partial charge in [-0.3, -0.25) is 4.79 Å². The Kier molecular flexibility index (Phi) is 7.04. The molecular weight excluding hydrogens is 258 g/mol. The number of nitrogens with one attached hydrogen (secondary N) is 1. The van der Waals surface area contributed by atoms with E-state index in [0.29, 0.717) is 6.61 Å². The Balaban J connectivity index is 2.24. The standard InChI is InChI=1S/C15H23NO4/c1-11-4-5-14(12(2)8-11)20-7-6-15(18)16-9-13(17)10-19-3/h4-5,8,13,17H,6-7,9-10H2,1-3H3,(H,16,18). The highest BCUT2D eigenvalue weighted by atomic mass is 16.5. The fourth-order valence-electron chi connectivity index (χ4n) is 1.79. The molecule has 1 aromatic rings. The summed E-state index contributed by atoms with van der Waals surface area (Å²) < 4.78 is 10.3. The third kappa shape index (κ3) is 6.04. The maximum Gasteiger partial charge on any atom is 0.223 e. The SMILES string of the molecule is COCC(O)CNC(=O)CCOc1ccc(C)cc1C. The molecule has 2 N–H and O–H groups in total. The van der Waals surface area contributed by atoms with Crippen LogP contribution in [0, 0.1) is 13.8 Å². The highest BCUT2D eigenvalue weighted by Gasteiger charge is 2.07. The summed E-state index contributed by atoms with van der Waals surface area (Å²) in [6.45, 7) is 4.71.